The molecular weight excluding hydrogens is 272 g/mol. The lowest BCUT2D eigenvalue weighted by Gasteiger charge is -2.04. The third kappa shape index (κ3) is 2.25. The van der Waals surface area contributed by atoms with Crippen LogP contribution in [0.2, 0.25) is 0 Å². The summed E-state index contributed by atoms with van der Waals surface area (Å²) in [4.78, 5) is 19.3. The monoisotopic (exact) mass is 284 g/mol. The van der Waals surface area contributed by atoms with E-state index < -0.39 is 5.97 Å². The highest BCUT2D eigenvalue weighted by molar-refractivity contribution is 5.94. The number of aromatic nitrogens is 2. The molecule has 0 saturated carbocycles. The molecule has 0 fully saturated rings. The highest BCUT2D eigenvalue weighted by Crippen LogP contribution is 2.29. The van der Waals surface area contributed by atoms with E-state index in [1.54, 1.807) is 24.4 Å². The van der Waals surface area contributed by atoms with Gasteiger partial charge in [-0.1, -0.05) is 6.07 Å². The Morgan fingerprint density at radius 3 is 2.81 bits per heavy atom. The average Bonchev–Trinajstić information content (AvgIpc) is 2.89. The van der Waals surface area contributed by atoms with Crippen LogP contribution in [0.4, 0.5) is 11.8 Å². The lowest BCUT2D eigenvalue weighted by Crippen LogP contribution is -2.00. The topological polar surface area (TPSA) is 117 Å². The van der Waals surface area contributed by atoms with Gasteiger partial charge in [-0.2, -0.15) is 4.98 Å². The molecule has 106 valence electrons. The number of esters is 1. The number of hydrogen-bond donors (Lipinski definition) is 2. The van der Waals surface area contributed by atoms with Crippen LogP contribution < -0.4 is 11.5 Å². The maximum absolute atomic E-state index is 11.5. The van der Waals surface area contributed by atoms with Crippen molar-refractivity contribution in [2.45, 2.75) is 0 Å². The number of benzene rings is 1. The molecule has 0 bridgehead atoms. The van der Waals surface area contributed by atoms with Crippen LogP contribution in [-0.2, 0) is 4.74 Å². The van der Waals surface area contributed by atoms with Gasteiger partial charge in [-0.25, -0.2) is 9.78 Å². The van der Waals surface area contributed by atoms with Gasteiger partial charge < -0.3 is 20.6 Å². The first-order valence-corrected chi connectivity index (χ1v) is 6.09. The summed E-state index contributed by atoms with van der Waals surface area (Å²) in [5.74, 6) is 0.0291. The molecule has 21 heavy (non-hydrogen) atoms. The number of furan rings is 1. The summed E-state index contributed by atoms with van der Waals surface area (Å²) in [5, 5.41) is 0.754. The number of nitrogen functional groups attached to an aromatic ring is 2. The summed E-state index contributed by atoms with van der Waals surface area (Å²) in [5.41, 5.74) is 13.4. The van der Waals surface area contributed by atoms with E-state index in [1.807, 2.05) is 6.07 Å². The molecule has 0 spiro atoms. The molecule has 0 aliphatic rings. The minimum atomic E-state index is -0.525. The maximum atomic E-state index is 11.5. The Hall–Kier alpha value is -3.09. The molecule has 0 atom stereocenters. The standard InChI is InChI=1S/C14H12N4O3/c1-20-13(19)11-5-8-4-7(2-3-10(8)21-11)9-6-17-14(16)18-12(9)15/h2-6H,1H3,(H4,15,16,17,18). The van der Waals surface area contributed by atoms with Gasteiger partial charge in [0.2, 0.25) is 11.7 Å². The van der Waals surface area contributed by atoms with Crippen molar-refractivity contribution in [2.75, 3.05) is 18.6 Å². The first-order chi connectivity index (χ1) is 10.1. The first kappa shape index (κ1) is 12.9. The van der Waals surface area contributed by atoms with E-state index in [0.717, 1.165) is 10.9 Å². The Bertz CT molecular complexity index is 841. The SMILES string of the molecule is COC(=O)c1cc2cc(-c3cnc(N)nc3N)ccc2o1. The van der Waals surface area contributed by atoms with Crippen LogP contribution in [-0.4, -0.2) is 23.0 Å². The highest BCUT2D eigenvalue weighted by Gasteiger charge is 2.13. The number of carbonyl (C=O) groups is 1. The Labute approximate surface area is 119 Å². The van der Waals surface area contributed by atoms with Crippen molar-refractivity contribution in [2.24, 2.45) is 0 Å². The number of rotatable bonds is 2. The smallest absolute Gasteiger partial charge is 0.373 e. The highest BCUT2D eigenvalue weighted by atomic mass is 16.5. The fourth-order valence-electron chi connectivity index (χ4n) is 2.04. The molecule has 3 aromatic rings. The van der Waals surface area contributed by atoms with E-state index in [2.05, 4.69) is 14.7 Å². The molecule has 0 unspecified atom stereocenters. The summed E-state index contributed by atoms with van der Waals surface area (Å²) >= 11 is 0. The number of methoxy groups -OCH3 is 1. The fourth-order valence-corrected chi connectivity index (χ4v) is 2.04. The van der Waals surface area contributed by atoms with Crippen molar-refractivity contribution in [1.29, 1.82) is 0 Å². The van der Waals surface area contributed by atoms with Crippen LogP contribution >= 0.6 is 0 Å². The van der Waals surface area contributed by atoms with E-state index in [1.165, 1.54) is 7.11 Å². The Morgan fingerprint density at radius 1 is 1.29 bits per heavy atom. The van der Waals surface area contributed by atoms with Crippen LogP contribution in [0, 0.1) is 0 Å². The number of anilines is 2. The largest absolute Gasteiger partial charge is 0.463 e. The molecule has 0 radical (unpaired) electrons. The maximum Gasteiger partial charge on any atom is 0.373 e. The lowest BCUT2D eigenvalue weighted by atomic mass is 10.1. The Morgan fingerprint density at radius 2 is 2.10 bits per heavy atom. The van der Waals surface area contributed by atoms with E-state index in [4.69, 9.17) is 15.9 Å². The van der Waals surface area contributed by atoms with Gasteiger partial charge >= 0.3 is 5.97 Å². The second-order valence-electron chi connectivity index (χ2n) is 4.38. The van der Waals surface area contributed by atoms with Crippen LogP contribution in [0.15, 0.2) is 34.9 Å². The Balaban J connectivity index is 2.10. The van der Waals surface area contributed by atoms with Crippen molar-refractivity contribution < 1.29 is 13.9 Å². The van der Waals surface area contributed by atoms with E-state index in [9.17, 15) is 4.79 Å². The van der Waals surface area contributed by atoms with Gasteiger partial charge in [-0.15, -0.1) is 0 Å². The molecule has 2 heterocycles. The minimum Gasteiger partial charge on any atom is -0.463 e. The van der Waals surface area contributed by atoms with Gasteiger partial charge in [0.15, 0.2) is 0 Å². The average molecular weight is 284 g/mol. The van der Waals surface area contributed by atoms with Crippen LogP contribution in [0.1, 0.15) is 10.6 Å². The summed E-state index contributed by atoms with van der Waals surface area (Å²) in [7, 11) is 1.30. The van der Waals surface area contributed by atoms with Gasteiger partial charge in [-0.3, -0.25) is 0 Å². The van der Waals surface area contributed by atoms with Crippen molar-refractivity contribution in [3.8, 4) is 11.1 Å². The van der Waals surface area contributed by atoms with Gasteiger partial charge in [0.05, 0.1) is 7.11 Å². The molecule has 2 aromatic heterocycles. The lowest BCUT2D eigenvalue weighted by molar-refractivity contribution is 0.0567. The third-order valence-corrected chi connectivity index (χ3v) is 3.05. The van der Waals surface area contributed by atoms with Crippen molar-refractivity contribution in [1.82, 2.24) is 9.97 Å². The number of ether oxygens (including phenoxy) is 1. The number of hydrogen-bond acceptors (Lipinski definition) is 7. The quantitative estimate of drug-likeness (QED) is 0.689. The van der Waals surface area contributed by atoms with Gasteiger partial charge in [0, 0.05) is 17.1 Å². The zero-order chi connectivity index (χ0) is 15.0. The van der Waals surface area contributed by atoms with Crippen LogP contribution in [0.3, 0.4) is 0 Å². The zero-order valence-corrected chi connectivity index (χ0v) is 11.2. The number of nitrogens with zero attached hydrogens (tertiary/aromatic N) is 2. The summed E-state index contributed by atoms with van der Waals surface area (Å²) in [6.45, 7) is 0. The molecular formula is C14H12N4O3. The number of carbonyl (C=O) groups excluding carboxylic acids is 1. The predicted molar refractivity (Wildman–Crippen MR) is 77.4 cm³/mol. The van der Waals surface area contributed by atoms with Gasteiger partial charge in [-0.05, 0) is 23.8 Å². The number of fused-ring (bicyclic) bond motifs is 1. The first-order valence-electron chi connectivity index (χ1n) is 6.09. The summed E-state index contributed by atoms with van der Waals surface area (Å²) in [6, 6.07) is 6.99. The number of nitrogens with two attached hydrogens (primary N) is 2. The van der Waals surface area contributed by atoms with Crippen LogP contribution in [0.5, 0.6) is 0 Å². The van der Waals surface area contributed by atoms with Crippen molar-refractivity contribution in [3.05, 3.63) is 36.2 Å². The van der Waals surface area contributed by atoms with Gasteiger partial charge in [0.1, 0.15) is 11.4 Å². The summed E-state index contributed by atoms with van der Waals surface area (Å²) in [6.07, 6.45) is 1.56. The van der Waals surface area contributed by atoms with Gasteiger partial charge in [0.25, 0.3) is 0 Å². The zero-order valence-electron chi connectivity index (χ0n) is 11.2. The molecule has 7 heteroatoms. The molecule has 0 saturated heterocycles. The van der Waals surface area contributed by atoms with E-state index >= 15 is 0 Å². The molecule has 4 N–H and O–H groups in total. The van der Waals surface area contributed by atoms with E-state index in [0.29, 0.717) is 17.0 Å². The van der Waals surface area contributed by atoms with Crippen molar-refractivity contribution >= 4 is 28.7 Å². The Kier molecular flexibility index (Phi) is 2.94. The van der Waals surface area contributed by atoms with Crippen LogP contribution in [0.25, 0.3) is 22.1 Å². The molecule has 7 nitrogen and oxygen atoms in total. The molecule has 0 aliphatic heterocycles. The third-order valence-electron chi connectivity index (χ3n) is 3.05. The minimum absolute atomic E-state index is 0.119. The van der Waals surface area contributed by atoms with Crippen molar-refractivity contribution in [3.63, 3.8) is 0 Å². The normalized spacial score (nSPS) is 10.7. The molecule has 0 aliphatic carbocycles. The van der Waals surface area contributed by atoms with E-state index in [-0.39, 0.29) is 11.7 Å². The molecule has 1 aromatic carbocycles. The summed E-state index contributed by atoms with van der Waals surface area (Å²) < 4.78 is 10.0. The molecule has 3 rings (SSSR count). The second-order valence-corrected chi connectivity index (χ2v) is 4.38. The second kappa shape index (κ2) is 4.78. The fraction of sp³-hybridized carbons (Fsp3) is 0.0714. The molecule has 0 amide bonds. The predicted octanol–water partition coefficient (Wildman–Crippen LogP) is 1.84.